The van der Waals surface area contributed by atoms with Gasteiger partial charge < -0.3 is 10.2 Å². The fraction of sp³-hybridized carbons (Fsp3) is 0.643. The van der Waals surface area contributed by atoms with E-state index in [1.807, 2.05) is 6.07 Å². The molecule has 1 saturated heterocycles. The van der Waals surface area contributed by atoms with E-state index in [1.54, 1.807) is 6.20 Å². The third kappa shape index (κ3) is 4.18. The number of sulfone groups is 1. The van der Waals surface area contributed by atoms with Gasteiger partial charge in [0.25, 0.3) is 0 Å². The van der Waals surface area contributed by atoms with Gasteiger partial charge in [-0.3, -0.25) is 0 Å². The van der Waals surface area contributed by atoms with Gasteiger partial charge in [0.1, 0.15) is 5.82 Å². The van der Waals surface area contributed by atoms with Crippen LogP contribution >= 0.6 is 0 Å². The van der Waals surface area contributed by atoms with E-state index in [-0.39, 0.29) is 5.75 Å². The number of nitrogens with one attached hydrogen (secondary N) is 1. The highest BCUT2D eigenvalue weighted by molar-refractivity contribution is 7.91. The molecule has 6 heteroatoms. The van der Waals surface area contributed by atoms with Gasteiger partial charge in [-0.05, 0) is 25.5 Å². The van der Waals surface area contributed by atoms with Gasteiger partial charge in [-0.15, -0.1) is 0 Å². The van der Waals surface area contributed by atoms with E-state index in [9.17, 15) is 8.42 Å². The van der Waals surface area contributed by atoms with Gasteiger partial charge in [-0.1, -0.05) is 13.0 Å². The summed E-state index contributed by atoms with van der Waals surface area (Å²) < 4.78 is 23.4. The van der Waals surface area contributed by atoms with E-state index in [0.29, 0.717) is 18.7 Å². The van der Waals surface area contributed by atoms with Crippen LogP contribution in [0.25, 0.3) is 0 Å². The number of hydrogen-bond acceptors (Lipinski definition) is 5. The van der Waals surface area contributed by atoms with Crippen molar-refractivity contribution < 1.29 is 8.42 Å². The second-order valence-electron chi connectivity index (χ2n) is 5.16. The molecule has 0 amide bonds. The van der Waals surface area contributed by atoms with Crippen LogP contribution in [0.15, 0.2) is 18.3 Å². The van der Waals surface area contributed by atoms with Crippen LogP contribution in [0.5, 0.6) is 0 Å². The largest absolute Gasteiger partial charge is 0.355 e. The summed E-state index contributed by atoms with van der Waals surface area (Å²) in [5, 5.41) is 3.38. The molecule has 2 rings (SSSR count). The first-order valence-electron chi connectivity index (χ1n) is 7.22. The molecule has 1 aliphatic rings. The lowest BCUT2D eigenvalue weighted by molar-refractivity contribution is 0.597. The van der Waals surface area contributed by atoms with Crippen molar-refractivity contribution in [3.63, 3.8) is 0 Å². The molecule has 0 unspecified atom stereocenters. The van der Waals surface area contributed by atoms with Crippen LogP contribution in [0.3, 0.4) is 0 Å². The van der Waals surface area contributed by atoms with E-state index in [2.05, 4.69) is 28.2 Å². The van der Waals surface area contributed by atoms with Crippen LogP contribution < -0.4 is 10.2 Å². The molecule has 0 radical (unpaired) electrons. The highest BCUT2D eigenvalue weighted by atomic mass is 32.2. The summed E-state index contributed by atoms with van der Waals surface area (Å²) in [6.45, 7) is 5.19. The summed E-state index contributed by atoms with van der Waals surface area (Å²) in [4.78, 5) is 6.57. The van der Waals surface area contributed by atoms with Crippen LogP contribution in [0.1, 0.15) is 25.3 Å². The normalized spacial score (nSPS) is 18.8. The second-order valence-corrected chi connectivity index (χ2v) is 7.46. The second kappa shape index (κ2) is 7.04. The van der Waals surface area contributed by atoms with E-state index in [4.69, 9.17) is 0 Å². The molecule has 1 fully saturated rings. The summed E-state index contributed by atoms with van der Waals surface area (Å²) >= 11 is 0. The summed E-state index contributed by atoms with van der Waals surface area (Å²) in [7, 11) is -2.88. The Morgan fingerprint density at radius 1 is 1.35 bits per heavy atom. The minimum Gasteiger partial charge on any atom is -0.355 e. The van der Waals surface area contributed by atoms with Gasteiger partial charge in [0.2, 0.25) is 0 Å². The van der Waals surface area contributed by atoms with Gasteiger partial charge in [0, 0.05) is 31.4 Å². The standard InChI is InChI=1S/C14H23N3O2S/c1-2-6-15-12-13-5-3-7-16-14(13)17-8-4-10-20(18,19)11-9-17/h3,5,7,15H,2,4,6,8-12H2,1H3. The number of pyridine rings is 1. The SMILES string of the molecule is CCCNCc1cccnc1N1CCCS(=O)(=O)CC1. The number of hydrogen-bond donors (Lipinski definition) is 1. The van der Waals surface area contributed by atoms with Gasteiger partial charge in [-0.25, -0.2) is 13.4 Å². The van der Waals surface area contributed by atoms with E-state index in [0.717, 1.165) is 37.4 Å². The fourth-order valence-corrected chi connectivity index (χ4v) is 3.67. The lowest BCUT2D eigenvalue weighted by Gasteiger charge is -2.23. The molecule has 1 aromatic heterocycles. The van der Waals surface area contributed by atoms with Crippen molar-refractivity contribution in [2.75, 3.05) is 36.0 Å². The van der Waals surface area contributed by atoms with Crippen molar-refractivity contribution in [1.82, 2.24) is 10.3 Å². The summed E-state index contributed by atoms with van der Waals surface area (Å²) in [6.07, 6.45) is 3.55. The summed E-state index contributed by atoms with van der Waals surface area (Å²) in [5.74, 6) is 1.44. The van der Waals surface area contributed by atoms with E-state index in [1.165, 1.54) is 0 Å². The average Bonchev–Trinajstić information content (AvgIpc) is 2.61. The smallest absolute Gasteiger partial charge is 0.152 e. The van der Waals surface area contributed by atoms with Crippen molar-refractivity contribution in [3.8, 4) is 0 Å². The lowest BCUT2D eigenvalue weighted by atomic mass is 10.2. The molecular formula is C14H23N3O2S. The maximum atomic E-state index is 11.7. The predicted molar refractivity (Wildman–Crippen MR) is 81.7 cm³/mol. The maximum Gasteiger partial charge on any atom is 0.152 e. The summed E-state index contributed by atoms with van der Waals surface area (Å²) in [5.41, 5.74) is 1.14. The van der Waals surface area contributed by atoms with Gasteiger partial charge in [-0.2, -0.15) is 0 Å². The highest BCUT2D eigenvalue weighted by Gasteiger charge is 2.21. The van der Waals surface area contributed by atoms with Gasteiger partial charge in [0.05, 0.1) is 11.5 Å². The Labute approximate surface area is 121 Å². The van der Waals surface area contributed by atoms with Crippen LogP contribution in [0.2, 0.25) is 0 Å². The van der Waals surface area contributed by atoms with Crippen LogP contribution in [0, 0.1) is 0 Å². The van der Waals surface area contributed by atoms with Gasteiger partial charge in [0.15, 0.2) is 9.84 Å². The predicted octanol–water partition coefficient (Wildman–Crippen LogP) is 1.21. The zero-order chi connectivity index (χ0) is 14.4. The number of rotatable bonds is 5. The zero-order valence-electron chi connectivity index (χ0n) is 12.0. The molecule has 2 heterocycles. The third-order valence-corrected chi connectivity index (χ3v) is 5.18. The first-order valence-corrected chi connectivity index (χ1v) is 9.04. The van der Waals surface area contributed by atoms with Crippen LogP contribution in [-0.2, 0) is 16.4 Å². The Kier molecular flexibility index (Phi) is 5.37. The quantitative estimate of drug-likeness (QED) is 0.828. The minimum atomic E-state index is -2.88. The number of nitrogens with zero attached hydrogens (tertiary/aromatic N) is 2. The van der Waals surface area contributed by atoms with Crippen LogP contribution in [0.4, 0.5) is 5.82 Å². The first-order chi connectivity index (χ1) is 9.62. The minimum absolute atomic E-state index is 0.228. The molecule has 1 aliphatic heterocycles. The Morgan fingerprint density at radius 2 is 2.20 bits per heavy atom. The topological polar surface area (TPSA) is 62.3 Å². The molecule has 0 saturated carbocycles. The van der Waals surface area contributed by atoms with Crippen molar-refractivity contribution in [2.45, 2.75) is 26.3 Å². The van der Waals surface area contributed by atoms with Crippen LogP contribution in [-0.4, -0.2) is 44.5 Å². The highest BCUT2D eigenvalue weighted by Crippen LogP contribution is 2.19. The first kappa shape index (κ1) is 15.3. The molecule has 1 N–H and O–H groups in total. The monoisotopic (exact) mass is 297 g/mol. The number of aromatic nitrogens is 1. The molecule has 0 bridgehead atoms. The zero-order valence-corrected chi connectivity index (χ0v) is 12.8. The molecule has 20 heavy (non-hydrogen) atoms. The van der Waals surface area contributed by atoms with Crippen molar-refractivity contribution in [3.05, 3.63) is 23.9 Å². The Balaban J connectivity index is 2.11. The summed E-state index contributed by atoms with van der Waals surface area (Å²) in [6, 6.07) is 3.99. The lowest BCUT2D eigenvalue weighted by Crippen LogP contribution is -2.29. The molecule has 0 atom stereocenters. The van der Waals surface area contributed by atoms with Crippen molar-refractivity contribution >= 4 is 15.7 Å². The Bertz CT molecular complexity index is 531. The van der Waals surface area contributed by atoms with E-state index >= 15 is 0 Å². The molecule has 0 aromatic carbocycles. The molecule has 0 spiro atoms. The maximum absolute atomic E-state index is 11.7. The van der Waals surface area contributed by atoms with Crippen molar-refractivity contribution in [2.24, 2.45) is 0 Å². The Morgan fingerprint density at radius 3 is 3.00 bits per heavy atom. The molecule has 0 aliphatic carbocycles. The average molecular weight is 297 g/mol. The Hall–Kier alpha value is -1.14. The molecular weight excluding hydrogens is 274 g/mol. The third-order valence-electron chi connectivity index (χ3n) is 3.46. The molecule has 5 nitrogen and oxygen atoms in total. The fourth-order valence-electron chi connectivity index (χ4n) is 2.40. The van der Waals surface area contributed by atoms with Gasteiger partial charge >= 0.3 is 0 Å². The van der Waals surface area contributed by atoms with E-state index < -0.39 is 9.84 Å². The van der Waals surface area contributed by atoms with Crippen molar-refractivity contribution in [1.29, 1.82) is 0 Å². The number of anilines is 1. The molecule has 1 aromatic rings. The molecule has 112 valence electrons.